The van der Waals surface area contributed by atoms with Gasteiger partial charge in [-0.2, -0.15) is 10.2 Å². The number of hydrogen-bond acceptors (Lipinski definition) is 3. The van der Waals surface area contributed by atoms with Gasteiger partial charge in [0.2, 0.25) is 0 Å². The maximum absolute atomic E-state index is 5.26. The molecule has 0 saturated heterocycles. The van der Waals surface area contributed by atoms with Crippen molar-refractivity contribution in [1.29, 1.82) is 0 Å². The summed E-state index contributed by atoms with van der Waals surface area (Å²) < 4.78 is 1.84. The number of nitrogens with zero attached hydrogens (tertiary/aromatic N) is 3. The smallest absolute Gasteiger partial charge is 0.191 e. The number of benzene rings is 1. The molecular weight excluding hydrogens is 294 g/mol. The van der Waals surface area contributed by atoms with E-state index in [1.165, 1.54) is 5.56 Å². The Hall–Kier alpha value is -2.21. The molecule has 0 bridgehead atoms. The fraction of sp³-hybridized carbons (Fsp3) is 0.312. The summed E-state index contributed by atoms with van der Waals surface area (Å²) in [5, 5.41) is 12.1. The van der Waals surface area contributed by atoms with Gasteiger partial charge in [0.25, 0.3) is 0 Å². The summed E-state index contributed by atoms with van der Waals surface area (Å²) in [6.07, 6.45) is 1.74. The van der Waals surface area contributed by atoms with E-state index < -0.39 is 0 Å². The maximum Gasteiger partial charge on any atom is 0.191 e. The van der Waals surface area contributed by atoms with Crippen molar-refractivity contribution in [3.63, 3.8) is 0 Å². The molecule has 0 aliphatic rings. The zero-order valence-electron chi connectivity index (χ0n) is 13.6. The molecule has 1 heterocycles. The van der Waals surface area contributed by atoms with Crippen LogP contribution >= 0.6 is 12.2 Å². The molecular formula is C16H21N5S. The Morgan fingerprint density at radius 1 is 1.27 bits per heavy atom. The molecule has 1 aromatic heterocycles. The van der Waals surface area contributed by atoms with Crippen LogP contribution in [0.1, 0.15) is 28.1 Å². The molecule has 1 aromatic carbocycles. The van der Waals surface area contributed by atoms with Gasteiger partial charge in [0.05, 0.1) is 11.9 Å². The van der Waals surface area contributed by atoms with Gasteiger partial charge in [-0.1, -0.05) is 17.7 Å². The summed E-state index contributed by atoms with van der Waals surface area (Å²) in [6.45, 7) is 8.08. The predicted molar refractivity (Wildman–Crippen MR) is 95.5 cm³/mol. The number of nitrogens with one attached hydrogen (secondary N) is 2. The van der Waals surface area contributed by atoms with Crippen LogP contribution in [0, 0.1) is 27.7 Å². The fourth-order valence-electron chi connectivity index (χ4n) is 2.24. The molecule has 0 radical (unpaired) electrons. The Morgan fingerprint density at radius 3 is 2.59 bits per heavy atom. The highest BCUT2D eigenvalue weighted by atomic mass is 32.1. The number of anilines is 1. The summed E-state index contributed by atoms with van der Waals surface area (Å²) in [5.41, 5.74) is 9.20. The summed E-state index contributed by atoms with van der Waals surface area (Å²) in [4.78, 5) is 0. The van der Waals surface area contributed by atoms with Crippen LogP contribution in [0.15, 0.2) is 23.3 Å². The summed E-state index contributed by atoms with van der Waals surface area (Å²) in [6, 6.07) is 6.16. The third kappa shape index (κ3) is 3.71. The van der Waals surface area contributed by atoms with E-state index in [1.807, 2.05) is 44.6 Å². The SMILES string of the molecule is Cc1ccc(NC(=S)N/N=C/c2c(C)nn(C)c2C)c(C)c1. The molecule has 0 fully saturated rings. The molecule has 0 unspecified atom stereocenters. The van der Waals surface area contributed by atoms with Gasteiger partial charge in [-0.3, -0.25) is 10.1 Å². The van der Waals surface area contributed by atoms with E-state index in [9.17, 15) is 0 Å². The monoisotopic (exact) mass is 315 g/mol. The molecule has 0 aliphatic carbocycles. The minimum absolute atomic E-state index is 0.461. The molecule has 116 valence electrons. The van der Waals surface area contributed by atoms with E-state index in [2.05, 4.69) is 33.9 Å². The standard InChI is InChI=1S/C16H21N5S/c1-10-6-7-15(11(2)8-10)18-16(22)19-17-9-14-12(3)20-21(5)13(14)4/h6-9H,1-5H3,(H2,18,19,22)/b17-9+. The van der Waals surface area contributed by atoms with Crippen LogP contribution in [0.5, 0.6) is 0 Å². The van der Waals surface area contributed by atoms with E-state index in [0.29, 0.717) is 5.11 Å². The lowest BCUT2D eigenvalue weighted by Crippen LogP contribution is -2.24. The number of hydrazone groups is 1. The van der Waals surface area contributed by atoms with Crippen LogP contribution < -0.4 is 10.7 Å². The second kappa shape index (κ2) is 6.70. The predicted octanol–water partition coefficient (Wildman–Crippen LogP) is 2.97. The third-order valence-electron chi connectivity index (χ3n) is 3.55. The molecule has 2 aromatic rings. The third-order valence-corrected chi connectivity index (χ3v) is 3.75. The number of aromatic nitrogens is 2. The number of aryl methyl sites for hydroxylation is 4. The first-order chi connectivity index (χ1) is 10.4. The lowest BCUT2D eigenvalue weighted by molar-refractivity contribution is 0.731. The highest BCUT2D eigenvalue weighted by molar-refractivity contribution is 7.80. The Bertz CT molecular complexity index is 730. The quantitative estimate of drug-likeness (QED) is 0.519. The first-order valence-electron chi connectivity index (χ1n) is 7.06. The Balaban J connectivity index is 1.99. The minimum Gasteiger partial charge on any atom is -0.331 e. The van der Waals surface area contributed by atoms with Crippen LogP contribution in [0.2, 0.25) is 0 Å². The second-order valence-electron chi connectivity index (χ2n) is 5.35. The van der Waals surface area contributed by atoms with Crippen LogP contribution in [0.3, 0.4) is 0 Å². The van der Waals surface area contributed by atoms with Crippen LogP contribution in [-0.2, 0) is 7.05 Å². The normalized spacial score (nSPS) is 11.0. The van der Waals surface area contributed by atoms with Gasteiger partial charge in [-0.25, -0.2) is 0 Å². The average molecular weight is 315 g/mol. The average Bonchev–Trinajstić information content (AvgIpc) is 2.68. The molecule has 0 saturated carbocycles. The van der Waals surface area contributed by atoms with E-state index in [4.69, 9.17) is 12.2 Å². The Morgan fingerprint density at radius 2 is 2.00 bits per heavy atom. The van der Waals surface area contributed by atoms with Crippen molar-refractivity contribution >= 4 is 29.2 Å². The van der Waals surface area contributed by atoms with Gasteiger partial charge < -0.3 is 5.32 Å². The van der Waals surface area contributed by atoms with Gasteiger partial charge >= 0.3 is 0 Å². The molecule has 0 atom stereocenters. The summed E-state index contributed by atoms with van der Waals surface area (Å²) >= 11 is 5.26. The van der Waals surface area contributed by atoms with Crippen molar-refractivity contribution in [2.45, 2.75) is 27.7 Å². The van der Waals surface area contributed by atoms with E-state index >= 15 is 0 Å². The first-order valence-corrected chi connectivity index (χ1v) is 7.47. The van der Waals surface area contributed by atoms with Crippen molar-refractivity contribution in [3.05, 3.63) is 46.3 Å². The molecule has 5 nitrogen and oxygen atoms in total. The second-order valence-corrected chi connectivity index (χ2v) is 5.76. The van der Waals surface area contributed by atoms with E-state index in [1.54, 1.807) is 6.21 Å². The van der Waals surface area contributed by atoms with Crippen molar-refractivity contribution < 1.29 is 0 Å². The van der Waals surface area contributed by atoms with E-state index in [-0.39, 0.29) is 0 Å². The molecule has 22 heavy (non-hydrogen) atoms. The zero-order valence-corrected chi connectivity index (χ0v) is 14.4. The van der Waals surface area contributed by atoms with Gasteiger partial charge in [-0.05, 0) is 51.5 Å². The van der Waals surface area contributed by atoms with Gasteiger partial charge in [0.15, 0.2) is 5.11 Å². The lowest BCUT2D eigenvalue weighted by atomic mass is 10.1. The van der Waals surface area contributed by atoms with Crippen molar-refractivity contribution in [2.24, 2.45) is 12.1 Å². The number of hydrogen-bond donors (Lipinski definition) is 2. The van der Waals surface area contributed by atoms with Crippen molar-refractivity contribution in [1.82, 2.24) is 15.2 Å². The van der Waals surface area contributed by atoms with Crippen LogP contribution in [-0.4, -0.2) is 21.1 Å². The molecule has 2 N–H and O–H groups in total. The van der Waals surface area contributed by atoms with Crippen LogP contribution in [0.4, 0.5) is 5.69 Å². The lowest BCUT2D eigenvalue weighted by Gasteiger charge is -2.10. The summed E-state index contributed by atoms with van der Waals surface area (Å²) in [5.74, 6) is 0. The highest BCUT2D eigenvalue weighted by Crippen LogP contribution is 2.15. The molecule has 6 heteroatoms. The Kier molecular flexibility index (Phi) is 4.92. The topological polar surface area (TPSA) is 54.2 Å². The summed E-state index contributed by atoms with van der Waals surface area (Å²) in [7, 11) is 1.92. The van der Waals surface area contributed by atoms with Crippen LogP contribution in [0.25, 0.3) is 0 Å². The van der Waals surface area contributed by atoms with E-state index in [0.717, 1.165) is 28.2 Å². The number of rotatable bonds is 3. The Labute approximate surface area is 136 Å². The molecule has 0 aliphatic heterocycles. The molecule has 0 amide bonds. The molecule has 0 spiro atoms. The van der Waals surface area contributed by atoms with Gasteiger partial charge in [0, 0.05) is 24.0 Å². The first kappa shape index (κ1) is 16.2. The fourth-order valence-corrected chi connectivity index (χ4v) is 2.40. The van der Waals surface area contributed by atoms with Gasteiger partial charge in [0.1, 0.15) is 0 Å². The number of thiocarbonyl (C=S) groups is 1. The molecule has 2 rings (SSSR count). The largest absolute Gasteiger partial charge is 0.331 e. The zero-order chi connectivity index (χ0) is 16.3. The van der Waals surface area contributed by atoms with Gasteiger partial charge in [-0.15, -0.1) is 0 Å². The maximum atomic E-state index is 5.26. The van der Waals surface area contributed by atoms with Crippen molar-refractivity contribution in [2.75, 3.05) is 5.32 Å². The highest BCUT2D eigenvalue weighted by Gasteiger charge is 2.06. The minimum atomic E-state index is 0.461. The van der Waals surface area contributed by atoms with Crippen molar-refractivity contribution in [3.8, 4) is 0 Å².